The zero-order valence-electron chi connectivity index (χ0n) is 21.2. The van der Waals surface area contributed by atoms with E-state index in [9.17, 15) is 0 Å². The molecule has 1 aliphatic rings. The number of furan rings is 1. The summed E-state index contributed by atoms with van der Waals surface area (Å²) in [5.41, 5.74) is 10.8. The van der Waals surface area contributed by atoms with Crippen molar-refractivity contribution in [2.24, 2.45) is 0 Å². The molecule has 5 aromatic carbocycles. The highest BCUT2D eigenvalue weighted by molar-refractivity contribution is 6.14. The summed E-state index contributed by atoms with van der Waals surface area (Å²) in [7, 11) is 0. The first-order valence-corrected chi connectivity index (χ1v) is 13.0. The van der Waals surface area contributed by atoms with Crippen LogP contribution in [0.2, 0.25) is 0 Å². The Labute approximate surface area is 220 Å². The maximum Gasteiger partial charge on any atom is 0.161 e. The van der Waals surface area contributed by atoms with Crippen LogP contribution in [0, 0.1) is 0 Å². The highest BCUT2D eigenvalue weighted by Crippen LogP contribution is 2.51. The van der Waals surface area contributed by atoms with Gasteiger partial charge in [-0.25, -0.2) is 9.97 Å². The standard InChI is InChI=1S/C35H24N2O/c1-35(2)27-16-8-6-13-22(27)25-19-26-31(20-28(25)35)38-30-18-10-15-24(32(26)30)34-36-29-17-9-7-14-23(29)33(37-34)21-11-4-3-5-12-21/h3-20H,1-2H3. The van der Waals surface area contributed by atoms with Gasteiger partial charge in [0.05, 0.1) is 11.2 Å². The van der Waals surface area contributed by atoms with Gasteiger partial charge in [0.1, 0.15) is 11.2 Å². The van der Waals surface area contributed by atoms with Crippen molar-refractivity contribution in [2.75, 3.05) is 0 Å². The van der Waals surface area contributed by atoms with Gasteiger partial charge in [0, 0.05) is 32.7 Å². The molecule has 0 N–H and O–H groups in total. The van der Waals surface area contributed by atoms with Gasteiger partial charge in [0.15, 0.2) is 5.82 Å². The number of para-hydroxylation sites is 1. The Bertz CT molecular complexity index is 2050. The quantitative estimate of drug-likeness (QED) is 0.243. The van der Waals surface area contributed by atoms with Crippen LogP contribution >= 0.6 is 0 Å². The van der Waals surface area contributed by atoms with Crippen molar-refractivity contribution in [2.45, 2.75) is 19.3 Å². The van der Waals surface area contributed by atoms with Crippen LogP contribution < -0.4 is 0 Å². The zero-order chi connectivity index (χ0) is 25.4. The van der Waals surface area contributed by atoms with E-state index in [-0.39, 0.29) is 5.41 Å². The van der Waals surface area contributed by atoms with Crippen LogP contribution in [0.5, 0.6) is 0 Å². The van der Waals surface area contributed by atoms with Gasteiger partial charge in [-0.05, 0) is 46.5 Å². The largest absolute Gasteiger partial charge is 0.456 e. The maximum absolute atomic E-state index is 6.48. The zero-order valence-corrected chi connectivity index (χ0v) is 21.2. The van der Waals surface area contributed by atoms with Gasteiger partial charge in [-0.1, -0.05) is 98.8 Å². The van der Waals surface area contributed by atoms with Gasteiger partial charge in [-0.15, -0.1) is 0 Å². The predicted octanol–water partition coefficient (Wildman–Crippen LogP) is 9.17. The molecule has 1 aliphatic carbocycles. The molecular weight excluding hydrogens is 464 g/mol. The van der Waals surface area contributed by atoms with E-state index < -0.39 is 0 Å². The number of fused-ring (bicyclic) bond motifs is 7. The monoisotopic (exact) mass is 488 g/mol. The van der Waals surface area contributed by atoms with Gasteiger partial charge < -0.3 is 4.42 Å². The first-order chi connectivity index (χ1) is 18.6. The summed E-state index contributed by atoms with van der Waals surface area (Å²) in [5, 5.41) is 3.20. The van der Waals surface area contributed by atoms with Gasteiger partial charge in [0.25, 0.3) is 0 Å². The van der Waals surface area contributed by atoms with E-state index in [1.807, 2.05) is 30.3 Å². The molecule has 0 fully saturated rings. The molecule has 0 atom stereocenters. The normalized spacial score (nSPS) is 13.7. The minimum atomic E-state index is -0.0754. The molecule has 3 nitrogen and oxygen atoms in total. The number of benzene rings is 5. The van der Waals surface area contributed by atoms with Crippen LogP contribution in [0.25, 0.3) is 66.6 Å². The van der Waals surface area contributed by atoms with Gasteiger partial charge in [-0.3, -0.25) is 0 Å². The Hall–Kier alpha value is -4.76. The third-order valence-electron chi connectivity index (χ3n) is 8.09. The molecular formula is C35H24N2O. The fourth-order valence-corrected chi connectivity index (χ4v) is 6.22. The van der Waals surface area contributed by atoms with Crippen molar-refractivity contribution in [3.8, 4) is 33.8 Å². The van der Waals surface area contributed by atoms with E-state index in [4.69, 9.17) is 14.4 Å². The highest BCUT2D eigenvalue weighted by atomic mass is 16.3. The van der Waals surface area contributed by atoms with Crippen molar-refractivity contribution in [1.29, 1.82) is 0 Å². The molecule has 0 saturated carbocycles. The molecule has 0 spiro atoms. The van der Waals surface area contributed by atoms with Crippen molar-refractivity contribution >= 4 is 32.8 Å². The van der Waals surface area contributed by atoms with Crippen molar-refractivity contribution < 1.29 is 4.42 Å². The second-order valence-electron chi connectivity index (χ2n) is 10.6. The molecule has 8 rings (SSSR count). The fraction of sp³-hybridized carbons (Fsp3) is 0.0857. The average molecular weight is 489 g/mol. The van der Waals surface area contributed by atoms with E-state index in [0.29, 0.717) is 5.82 Å². The van der Waals surface area contributed by atoms with Crippen LogP contribution in [0.1, 0.15) is 25.0 Å². The average Bonchev–Trinajstić information content (AvgIpc) is 3.44. The summed E-state index contributed by atoms with van der Waals surface area (Å²) in [6.45, 7) is 4.59. The molecule has 0 radical (unpaired) electrons. The Morgan fingerprint density at radius 1 is 0.579 bits per heavy atom. The topological polar surface area (TPSA) is 38.9 Å². The van der Waals surface area contributed by atoms with Crippen molar-refractivity contribution in [3.63, 3.8) is 0 Å². The summed E-state index contributed by atoms with van der Waals surface area (Å²) < 4.78 is 6.48. The summed E-state index contributed by atoms with van der Waals surface area (Å²) in [4.78, 5) is 10.2. The number of aromatic nitrogens is 2. The number of nitrogens with zero attached hydrogens (tertiary/aromatic N) is 2. The van der Waals surface area contributed by atoms with Crippen molar-refractivity contribution in [1.82, 2.24) is 9.97 Å². The number of hydrogen-bond donors (Lipinski definition) is 0. The third kappa shape index (κ3) is 2.90. The number of hydrogen-bond acceptors (Lipinski definition) is 3. The molecule has 0 saturated heterocycles. The second kappa shape index (κ2) is 7.62. The lowest BCUT2D eigenvalue weighted by molar-refractivity contribution is 0.647. The Morgan fingerprint density at radius 2 is 1.34 bits per heavy atom. The molecule has 2 heterocycles. The lowest BCUT2D eigenvalue weighted by Gasteiger charge is -2.21. The highest BCUT2D eigenvalue weighted by Gasteiger charge is 2.36. The van der Waals surface area contributed by atoms with E-state index in [2.05, 4.69) is 92.7 Å². The van der Waals surface area contributed by atoms with E-state index >= 15 is 0 Å². The van der Waals surface area contributed by atoms with Crippen molar-refractivity contribution in [3.05, 3.63) is 120 Å². The summed E-state index contributed by atoms with van der Waals surface area (Å²) in [6, 6.07) is 38.1. The summed E-state index contributed by atoms with van der Waals surface area (Å²) in [6.07, 6.45) is 0. The van der Waals surface area contributed by atoms with Crippen LogP contribution in [0.15, 0.2) is 114 Å². The van der Waals surface area contributed by atoms with E-state index in [1.165, 1.54) is 22.3 Å². The first kappa shape index (κ1) is 21.3. The molecule has 7 aromatic rings. The smallest absolute Gasteiger partial charge is 0.161 e. The van der Waals surface area contributed by atoms with Gasteiger partial charge in [-0.2, -0.15) is 0 Å². The minimum Gasteiger partial charge on any atom is -0.456 e. The van der Waals surface area contributed by atoms with Crippen LogP contribution in [-0.4, -0.2) is 9.97 Å². The van der Waals surface area contributed by atoms with Crippen LogP contribution in [0.3, 0.4) is 0 Å². The lowest BCUT2D eigenvalue weighted by Crippen LogP contribution is -2.14. The Morgan fingerprint density at radius 3 is 2.24 bits per heavy atom. The molecule has 0 aliphatic heterocycles. The summed E-state index contributed by atoms with van der Waals surface area (Å²) in [5.74, 6) is 0.706. The van der Waals surface area contributed by atoms with E-state index in [0.717, 1.165) is 49.7 Å². The minimum absolute atomic E-state index is 0.0754. The third-order valence-corrected chi connectivity index (χ3v) is 8.09. The predicted molar refractivity (Wildman–Crippen MR) is 155 cm³/mol. The lowest BCUT2D eigenvalue weighted by atomic mass is 9.82. The molecule has 0 bridgehead atoms. The van der Waals surface area contributed by atoms with Gasteiger partial charge >= 0.3 is 0 Å². The molecule has 0 amide bonds. The van der Waals surface area contributed by atoms with Gasteiger partial charge in [0.2, 0.25) is 0 Å². The van der Waals surface area contributed by atoms with Crippen LogP contribution in [-0.2, 0) is 5.41 Å². The first-order valence-electron chi connectivity index (χ1n) is 13.0. The van der Waals surface area contributed by atoms with Crippen LogP contribution in [0.4, 0.5) is 0 Å². The molecule has 180 valence electrons. The van der Waals surface area contributed by atoms with E-state index in [1.54, 1.807) is 0 Å². The Balaban J connectivity index is 1.43. The second-order valence-corrected chi connectivity index (χ2v) is 10.6. The molecule has 0 unspecified atom stereocenters. The maximum atomic E-state index is 6.48. The molecule has 38 heavy (non-hydrogen) atoms. The summed E-state index contributed by atoms with van der Waals surface area (Å²) >= 11 is 0. The molecule has 2 aromatic heterocycles. The fourth-order valence-electron chi connectivity index (χ4n) is 6.22. The molecule has 3 heteroatoms. The SMILES string of the molecule is CC1(C)c2ccccc2-c2cc3c(cc21)oc1cccc(-c2nc(-c4ccccc4)c4ccccc4n2)c13. The number of rotatable bonds is 2. The Kier molecular flexibility index (Phi) is 4.28.